The van der Waals surface area contributed by atoms with Crippen LogP contribution in [-0.4, -0.2) is 27.5 Å². The fraction of sp³-hybridized carbons (Fsp3) is 0.556. The minimum Gasteiger partial charge on any atom is -0.383 e. The fourth-order valence-electron chi connectivity index (χ4n) is 1.54. The van der Waals surface area contributed by atoms with Crippen LogP contribution in [0.3, 0.4) is 0 Å². The Morgan fingerprint density at radius 2 is 2.40 bits per heavy atom. The van der Waals surface area contributed by atoms with Gasteiger partial charge in [0.1, 0.15) is 10.4 Å². The van der Waals surface area contributed by atoms with Gasteiger partial charge in [-0.15, -0.1) is 0 Å². The maximum absolute atomic E-state index is 5.64. The Labute approximate surface area is 102 Å². The molecule has 1 saturated heterocycles. The zero-order valence-corrected chi connectivity index (χ0v) is 10.6. The Morgan fingerprint density at radius 1 is 1.53 bits per heavy atom. The van der Waals surface area contributed by atoms with Gasteiger partial charge in [-0.1, -0.05) is 0 Å². The van der Waals surface area contributed by atoms with E-state index in [4.69, 9.17) is 5.73 Å². The van der Waals surface area contributed by atoms with E-state index in [0.29, 0.717) is 17.8 Å². The number of hydrogen-bond acceptors (Lipinski definition) is 5. The predicted molar refractivity (Wildman–Crippen MR) is 68.1 cm³/mol. The zero-order chi connectivity index (χ0) is 10.7. The summed E-state index contributed by atoms with van der Waals surface area (Å²) in [5.74, 6) is 3.49. The Balaban J connectivity index is 2.02. The Kier molecular flexibility index (Phi) is 3.69. The number of aromatic nitrogens is 2. The van der Waals surface area contributed by atoms with E-state index in [1.807, 2.05) is 11.8 Å². The quantitative estimate of drug-likeness (QED) is 0.817. The predicted octanol–water partition coefficient (Wildman–Crippen LogP) is 2.13. The van der Waals surface area contributed by atoms with Crippen LogP contribution in [0.4, 0.5) is 11.8 Å². The number of nitrogens with zero attached hydrogens (tertiary/aromatic N) is 2. The second-order valence-corrected chi connectivity index (χ2v) is 5.46. The highest BCUT2D eigenvalue weighted by Gasteiger charge is 2.14. The van der Waals surface area contributed by atoms with Crippen LogP contribution in [0.25, 0.3) is 0 Å². The van der Waals surface area contributed by atoms with Crippen LogP contribution in [0.5, 0.6) is 0 Å². The van der Waals surface area contributed by atoms with Crippen molar-refractivity contribution in [2.75, 3.05) is 22.6 Å². The highest BCUT2D eigenvalue weighted by Crippen LogP contribution is 2.20. The van der Waals surface area contributed by atoms with Crippen molar-refractivity contribution in [3.8, 4) is 0 Å². The highest BCUT2D eigenvalue weighted by molar-refractivity contribution is 9.10. The first-order valence-electron chi connectivity index (χ1n) is 4.88. The molecule has 3 N–H and O–H groups in total. The second-order valence-electron chi connectivity index (χ2n) is 3.50. The molecule has 1 atom stereocenters. The molecule has 4 nitrogen and oxygen atoms in total. The number of nitrogen functional groups attached to an aromatic ring is 1. The standard InChI is InChI=1S/C9H13BrN4S/c10-7-4-8(11)14-9(13-7)12-6-2-1-3-15-5-6/h4,6H,1-3,5H2,(H3,11,12,13,14). The molecular formula is C9H13BrN4S. The summed E-state index contributed by atoms with van der Waals surface area (Å²) in [5.41, 5.74) is 5.64. The first-order valence-corrected chi connectivity index (χ1v) is 6.83. The van der Waals surface area contributed by atoms with Crippen molar-refractivity contribution < 1.29 is 0 Å². The summed E-state index contributed by atoms with van der Waals surface area (Å²) >= 11 is 5.27. The van der Waals surface area contributed by atoms with Crippen LogP contribution >= 0.6 is 27.7 Å². The average molecular weight is 289 g/mol. The van der Waals surface area contributed by atoms with Crippen LogP contribution in [0.1, 0.15) is 12.8 Å². The third-order valence-electron chi connectivity index (χ3n) is 2.21. The van der Waals surface area contributed by atoms with Gasteiger partial charge in [-0.25, -0.2) is 4.98 Å². The van der Waals surface area contributed by atoms with Crippen molar-refractivity contribution >= 4 is 39.5 Å². The molecule has 0 saturated carbocycles. The smallest absolute Gasteiger partial charge is 0.225 e. The topological polar surface area (TPSA) is 63.8 Å². The van der Waals surface area contributed by atoms with Gasteiger partial charge in [-0.3, -0.25) is 0 Å². The lowest BCUT2D eigenvalue weighted by Gasteiger charge is -2.22. The summed E-state index contributed by atoms with van der Waals surface area (Å²) in [5, 5.41) is 3.31. The minimum atomic E-state index is 0.470. The van der Waals surface area contributed by atoms with Crippen LogP contribution < -0.4 is 11.1 Å². The first-order chi connectivity index (χ1) is 7.24. The first kappa shape index (κ1) is 11.0. The van der Waals surface area contributed by atoms with E-state index in [9.17, 15) is 0 Å². The van der Waals surface area contributed by atoms with E-state index >= 15 is 0 Å². The largest absolute Gasteiger partial charge is 0.383 e. The molecule has 6 heteroatoms. The molecule has 0 aliphatic carbocycles. The highest BCUT2D eigenvalue weighted by atomic mass is 79.9. The summed E-state index contributed by atoms with van der Waals surface area (Å²) in [4.78, 5) is 8.38. The number of hydrogen-bond donors (Lipinski definition) is 2. The van der Waals surface area contributed by atoms with E-state index in [1.54, 1.807) is 6.07 Å². The SMILES string of the molecule is Nc1cc(Br)nc(NC2CCCSC2)n1. The van der Waals surface area contributed by atoms with Gasteiger partial charge >= 0.3 is 0 Å². The minimum absolute atomic E-state index is 0.470. The lowest BCUT2D eigenvalue weighted by atomic mass is 10.2. The molecule has 0 bridgehead atoms. The maximum atomic E-state index is 5.64. The molecule has 1 aliphatic heterocycles. The van der Waals surface area contributed by atoms with E-state index in [0.717, 1.165) is 10.4 Å². The third kappa shape index (κ3) is 3.24. The summed E-state index contributed by atoms with van der Waals surface area (Å²) in [7, 11) is 0. The van der Waals surface area contributed by atoms with Gasteiger partial charge in [0.25, 0.3) is 0 Å². The molecule has 0 amide bonds. The van der Waals surface area contributed by atoms with Crippen LogP contribution in [0.2, 0.25) is 0 Å². The Morgan fingerprint density at radius 3 is 3.07 bits per heavy atom. The molecule has 82 valence electrons. The molecule has 15 heavy (non-hydrogen) atoms. The van der Waals surface area contributed by atoms with Crippen LogP contribution in [0, 0.1) is 0 Å². The Bertz CT molecular complexity index is 321. The molecule has 0 spiro atoms. The second kappa shape index (κ2) is 5.03. The number of rotatable bonds is 2. The molecule has 0 radical (unpaired) electrons. The summed E-state index contributed by atoms with van der Waals surface area (Å²) in [6, 6.07) is 2.17. The van der Waals surface area contributed by atoms with Crippen LogP contribution in [-0.2, 0) is 0 Å². The molecule has 1 aliphatic rings. The molecule has 1 aromatic rings. The van der Waals surface area contributed by atoms with Gasteiger partial charge in [-0.2, -0.15) is 16.7 Å². The van der Waals surface area contributed by atoms with E-state index in [2.05, 4.69) is 31.2 Å². The van der Waals surface area contributed by atoms with Crippen molar-refractivity contribution in [1.29, 1.82) is 0 Å². The average Bonchev–Trinajstić information content (AvgIpc) is 2.17. The molecule has 1 fully saturated rings. The zero-order valence-electron chi connectivity index (χ0n) is 8.24. The molecular weight excluding hydrogens is 276 g/mol. The summed E-state index contributed by atoms with van der Waals surface area (Å²) in [6.07, 6.45) is 2.44. The van der Waals surface area contributed by atoms with E-state index in [1.165, 1.54) is 18.6 Å². The van der Waals surface area contributed by atoms with Crippen molar-refractivity contribution in [2.45, 2.75) is 18.9 Å². The van der Waals surface area contributed by atoms with Crippen molar-refractivity contribution in [3.63, 3.8) is 0 Å². The van der Waals surface area contributed by atoms with Crippen molar-refractivity contribution in [3.05, 3.63) is 10.7 Å². The van der Waals surface area contributed by atoms with Gasteiger partial charge in [0.15, 0.2) is 0 Å². The third-order valence-corrected chi connectivity index (χ3v) is 3.83. The van der Waals surface area contributed by atoms with Gasteiger partial charge in [0.2, 0.25) is 5.95 Å². The number of anilines is 2. The molecule has 2 heterocycles. The fourth-order valence-corrected chi connectivity index (χ4v) is 3.01. The Hall–Kier alpha value is -0.490. The normalized spacial score (nSPS) is 21.3. The molecule has 0 aromatic carbocycles. The van der Waals surface area contributed by atoms with Crippen molar-refractivity contribution in [2.24, 2.45) is 0 Å². The molecule has 1 unspecified atom stereocenters. The number of nitrogens with two attached hydrogens (primary N) is 1. The maximum Gasteiger partial charge on any atom is 0.225 e. The summed E-state index contributed by atoms with van der Waals surface area (Å²) in [6.45, 7) is 0. The molecule has 1 aromatic heterocycles. The lowest BCUT2D eigenvalue weighted by Crippen LogP contribution is -2.26. The number of nitrogens with one attached hydrogen (secondary N) is 1. The monoisotopic (exact) mass is 288 g/mol. The van der Waals surface area contributed by atoms with Crippen molar-refractivity contribution in [1.82, 2.24) is 9.97 Å². The van der Waals surface area contributed by atoms with Gasteiger partial charge in [-0.05, 0) is 34.5 Å². The van der Waals surface area contributed by atoms with Gasteiger partial charge < -0.3 is 11.1 Å². The van der Waals surface area contributed by atoms with Crippen LogP contribution in [0.15, 0.2) is 10.7 Å². The molecule has 2 rings (SSSR count). The van der Waals surface area contributed by atoms with E-state index < -0.39 is 0 Å². The number of thioether (sulfide) groups is 1. The number of halogens is 1. The summed E-state index contributed by atoms with van der Waals surface area (Å²) < 4.78 is 0.723. The van der Waals surface area contributed by atoms with Gasteiger partial charge in [0, 0.05) is 17.9 Å². The van der Waals surface area contributed by atoms with E-state index in [-0.39, 0.29) is 0 Å². The lowest BCUT2D eigenvalue weighted by molar-refractivity contribution is 0.678. The van der Waals surface area contributed by atoms with Gasteiger partial charge in [0.05, 0.1) is 0 Å².